The standard InChI is InChI=1S/C11H15FN2/c12-4-6-14-5-3-9-7-11(13)2-1-10(9)8-14/h1-2,7H,3-6,8,13H2. The van der Waals surface area contributed by atoms with Crippen LogP contribution in [0.4, 0.5) is 10.1 Å². The smallest absolute Gasteiger partial charge is 0.102 e. The van der Waals surface area contributed by atoms with Crippen LogP contribution in [0.2, 0.25) is 0 Å². The van der Waals surface area contributed by atoms with Gasteiger partial charge in [-0.15, -0.1) is 0 Å². The van der Waals surface area contributed by atoms with Gasteiger partial charge in [0.25, 0.3) is 0 Å². The van der Waals surface area contributed by atoms with Crippen molar-refractivity contribution in [3.63, 3.8) is 0 Å². The van der Waals surface area contributed by atoms with E-state index in [9.17, 15) is 4.39 Å². The molecule has 1 aromatic carbocycles. The predicted molar refractivity (Wildman–Crippen MR) is 55.8 cm³/mol. The Kier molecular flexibility index (Phi) is 2.68. The van der Waals surface area contributed by atoms with Crippen molar-refractivity contribution < 1.29 is 4.39 Å². The molecule has 14 heavy (non-hydrogen) atoms. The minimum Gasteiger partial charge on any atom is -0.399 e. The van der Waals surface area contributed by atoms with Crippen molar-refractivity contribution in [3.05, 3.63) is 29.3 Å². The van der Waals surface area contributed by atoms with Gasteiger partial charge in [-0.05, 0) is 29.7 Å². The summed E-state index contributed by atoms with van der Waals surface area (Å²) in [4.78, 5) is 2.14. The molecule has 2 N–H and O–H groups in total. The molecule has 1 heterocycles. The molecule has 0 saturated heterocycles. The zero-order chi connectivity index (χ0) is 9.97. The Morgan fingerprint density at radius 3 is 3.00 bits per heavy atom. The van der Waals surface area contributed by atoms with E-state index in [0.29, 0.717) is 6.54 Å². The lowest BCUT2D eigenvalue weighted by Gasteiger charge is -2.27. The first-order chi connectivity index (χ1) is 6.79. The third-order valence-electron chi connectivity index (χ3n) is 2.72. The van der Waals surface area contributed by atoms with Gasteiger partial charge in [0.1, 0.15) is 6.67 Å². The molecule has 0 bridgehead atoms. The Morgan fingerprint density at radius 1 is 1.36 bits per heavy atom. The van der Waals surface area contributed by atoms with Gasteiger partial charge in [-0.2, -0.15) is 0 Å². The summed E-state index contributed by atoms with van der Waals surface area (Å²) in [5.74, 6) is 0. The number of halogens is 1. The molecule has 2 rings (SSSR count). The van der Waals surface area contributed by atoms with E-state index in [1.54, 1.807) is 0 Å². The Hall–Kier alpha value is -1.09. The fraction of sp³-hybridized carbons (Fsp3) is 0.455. The Bertz CT molecular complexity index is 325. The summed E-state index contributed by atoms with van der Waals surface area (Å²) in [6.45, 7) is 2.09. The van der Waals surface area contributed by atoms with Crippen LogP contribution >= 0.6 is 0 Å². The molecule has 1 aliphatic heterocycles. The molecular weight excluding hydrogens is 179 g/mol. The van der Waals surface area contributed by atoms with Crippen LogP contribution in [-0.4, -0.2) is 24.7 Å². The van der Waals surface area contributed by atoms with Gasteiger partial charge in [0.15, 0.2) is 0 Å². The summed E-state index contributed by atoms with van der Waals surface area (Å²) in [5.41, 5.74) is 9.13. The fourth-order valence-corrected chi connectivity index (χ4v) is 1.94. The molecule has 1 aromatic rings. The van der Waals surface area contributed by atoms with E-state index in [1.165, 1.54) is 11.1 Å². The molecule has 0 fully saturated rings. The first-order valence-corrected chi connectivity index (χ1v) is 4.95. The van der Waals surface area contributed by atoms with Gasteiger partial charge in [0.05, 0.1) is 0 Å². The first kappa shape index (κ1) is 9.46. The lowest BCUT2D eigenvalue weighted by Crippen LogP contribution is -2.32. The summed E-state index contributed by atoms with van der Waals surface area (Å²) < 4.78 is 12.2. The van der Waals surface area contributed by atoms with E-state index in [-0.39, 0.29) is 6.67 Å². The highest BCUT2D eigenvalue weighted by atomic mass is 19.1. The SMILES string of the molecule is Nc1ccc2c(c1)CCN(CCF)C2. The number of hydrogen-bond acceptors (Lipinski definition) is 2. The molecule has 0 aliphatic carbocycles. The largest absolute Gasteiger partial charge is 0.399 e. The topological polar surface area (TPSA) is 29.3 Å². The molecule has 0 saturated carbocycles. The van der Waals surface area contributed by atoms with Crippen molar-refractivity contribution >= 4 is 5.69 Å². The molecule has 76 valence electrons. The summed E-state index contributed by atoms with van der Waals surface area (Å²) in [5, 5.41) is 0. The minimum atomic E-state index is -0.260. The lowest BCUT2D eigenvalue weighted by atomic mass is 9.99. The molecule has 0 unspecified atom stereocenters. The predicted octanol–water partition coefficient (Wildman–Crippen LogP) is 1.60. The Labute approximate surface area is 83.5 Å². The lowest BCUT2D eigenvalue weighted by molar-refractivity contribution is 0.231. The van der Waals surface area contributed by atoms with Gasteiger partial charge < -0.3 is 5.73 Å². The molecule has 0 spiro atoms. The second kappa shape index (κ2) is 3.96. The van der Waals surface area contributed by atoms with Gasteiger partial charge in [-0.25, -0.2) is 4.39 Å². The maximum Gasteiger partial charge on any atom is 0.102 e. The van der Waals surface area contributed by atoms with E-state index in [2.05, 4.69) is 11.0 Å². The molecule has 0 amide bonds. The number of nitrogens with two attached hydrogens (primary N) is 1. The number of nitrogens with zero attached hydrogens (tertiary/aromatic N) is 1. The molecule has 0 radical (unpaired) electrons. The van der Waals surface area contributed by atoms with Gasteiger partial charge in [-0.3, -0.25) is 4.90 Å². The van der Waals surface area contributed by atoms with Gasteiger partial charge in [0, 0.05) is 25.3 Å². The van der Waals surface area contributed by atoms with Crippen LogP contribution in [0.3, 0.4) is 0 Å². The Morgan fingerprint density at radius 2 is 2.21 bits per heavy atom. The van der Waals surface area contributed by atoms with Gasteiger partial charge in [-0.1, -0.05) is 6.07 Å². The van der Waals surface area contributed by atoms with E-state index < -0.39 is 0 Å². The zero-order valence-electron chi connectivity index (χ0n) is 8.17. The fourth-order valence-electron chi connectivity index (χ4n) is 1.94. The third kappa shape index (κ3) is 1.87. The van der Waals surface area contributed by atoms with Crippen LogP contribution in [0, 0.1) is 0 Å². The summed E-state index contributed by atoms with van der Waals surface area (Å²) in [6, 6.07) is 5.99. The van der Waals surface area contributed by atoms with E-state index in [0.717, 1.165) is 25.2 Å². The highest BCUT2D eigenvalue weighted by Crippen LogP contribution is 2.20. The van der Waals surface area contributed by atoms with Crippen LogP contribution in [0.5, 0.6) is 0 Å². The summed E-state index contributed by atoms with van der Waals surface area (Å²) in [6.07, 6.45) is 0.986. The number of anilines is 1. The summed E-state index contributed by atoms with van der Waals surface area (Å²) in [7, 11) is 0. The van der Waals surface area contributed by atoms with Crippen LogP contribution in [0.25, 0.3) is 0 Å². The van der Waals surface area contributed by atoms with Crippen LogP contribution in [-0.2, 0) is 13.0 Å². The van der Waals surface area contributed by atoms with Crippen molar-refractivity contribution in [3.8, 4) is 0 Å². The van der Waals surface area contributed by atoms with Crippen molar-refractivity contribution in [1.82, 2.24) is 4.90 Å². The van der Waals surface area contributed by atoms with Crippen molar-refractivity contribution in [2.45, 2.75) is 13.0 Å². The van der Waals surface area contributed by atoms with Gasteiger partial charge in [0.2, 0.25) is 0 Å². The number of benzene rings is 1. The van der Waals surface area contributed by atoms with Gasteiger partial charge >= 0.3 is 0 Å². The third-order valence-corrected chi connectivity index (χ3v) is 2.72. The van der Waals surface area contributed by atoms with Crippen molar-refractivity contribution in [1.29, 1.82) is 0 Å². The number of rotatable bonds is 2. The highest BCUT2D eigenvalue weighted by Gasteiger charge is 2.15. The molecule has 3 heteroatoms. The summed E-state index contributed by atoms with van der Waals surface area (Å²) >= 11 is 0. The second-order valence-electron chi connectivity index (χ2n) is 3.74. The monoisotopic (exact) mass is 194 g/mol. The molecule has 0 atom stereocenters. The quantitative estimate of drug-likeness (QED) is 0.724. The normalized spacial score (nSPS) is 16.6. The number of alkyl halides is 1. The second-order valence-corrected chi connectivity index (χ2v) is 3.74. The van der Waals surface area contributed by atoms with E-state index in [4.69, 9.17) is 5.73 Å². The minimum absolute atomic E-state index is 0.260. The molecule has 2 nitrogen and oxygen atoms in total. The average molecular weight is 194 g/mol. The zero-order valence-corrected chi connectivity index (χ0v) is 8.17. The average Bonchev–Trinajstić information content (AvgIpc) is 2.19. The molecule has 1 aliphatic rings. The first-order valence-electron chi connectivity index (χ1n) is 4.95. The Balaban J connectivity index is 2.15. The number of hydrogen-bond donors (Lipinski definition) is 1. The van der Waals surface area contributed by atoms with Crippen LogP contribution in [0.1, 0.15) is 11.1 Å². The highest BCUT2D eigenvalue weighted by molar-refractivity contribution is 5.45. The number of fused-ring (bicyclic) bond motifs is 1. The van der Waals surface area contributed by atoms with Crippen LogP contribution < -0.4 is 5.73 Å². The molecular formula is C11H15FN2. The van der Waals surface area contributed by atoms with E-state index in [1.807, 2.05) is 12.1 Å². The van der Waals surface area contributed by atoms with Crippen LogP contribution in [0.15, 0.2) is 18.2 Å². The number of nitrogen functional groups attached to an aromatic ring is 1. The maximum atomic E-state index is 12.2. The van der Waals surface area contributed by atoms with Crippen molar-refractivity contribution in [2.24, 2.45) is 0 Å². The molecule has 0 aromatic heterocycles. The van der Waals surface area contributed by atoms with E-state index >= 15 is 0 Å². The maximum absolute atomic E-state index is 12.2. The van der Waals surface area contributed by atoms with Crippen molar-refractivity contribution in [2.75, 3.05) is 25.5 Å².